The van der Waals surface area contributed by atoms with E-state index in [4.69, 9.17) is 0 Å². The normalized spacial score (nSPS) is 17.7. The van der Waals surface area contributed by atoms with E-state index in [1.807, 2.05) is 11.9 Å². The van der Waals surface area contributed by atoms with Crippen LogP contribution >= 0.6 is 0 Å². The summed E-state index contributed by atoms with van der Waals surface area (Å²) in [5, 5.41) is 4.08. The molecule has 0 radical (unpaired) electrons. The molecule has 2 heterocycles. The molecule has 0 bridgehead atoms. The summed E-state index contributed by atoms with van der Waals surface area (Å²) in [5.41, 5.74) is 1.41. The van der Waals surface area contributed by atoms with Crippen molar-refractivity contribution in [3.63, 3.8) is 0 Å². The number of hydrogen-bond acceptors (Lipinski definition) is 4. The molecule has 6 heteroatoms. The first-order valence-electron chi connectivity index (χ1n) is 10.1. The predicted octanol–water partition coefficient (Wildman–Crippen LogP) is 2.61. The molecule has 1 fully saturated rings. The van der Waals surface area contributed by atoms with E-state index in [1.165, 1.54) is 24.7 Å². The molecule has 0 N–H and O–H groups in total. The minimum Gasteiger partial charge on any atom is -0.341 e. The number of benzene rings is 1. The molecule has 6 nitrogen and oxygen atoms in total. The molecule has 1 amide bonds. The Morgan fingerprint density at radius 1 is 1.22 bits per heavy atom. The van der Waals surface area contributed by atoms with Gasteiger partial charge in [0.05, 0.1) is 0 Å². The predicted molar refractivity (Wildman–Crippen MR) is 106 cm³/mol. The highest BCUT2D eigenvalue weighted by Crippen LogP contribution is 2.17. The number of amides is 1. The van der Waals surface area contributed by atoms with Crippen LogP contribution in [0.3, 0.4) is 0 Å². The highest BCUT2D eigenvalue weighted by atomic mass is 16.2. The number of carbonyl (C=O) groups excluding carboxylic acids is 1. The first-order chi connectivity index (χ1) is 13.2. The molecule has 0 unspecified atom stereocenters. The average molecular weight is 370 g/mol. The molecule has 1 atom stereocenters. The lowest BCUT2D eigenvalue weighted by atomic mass is 10.0. The third-order valence-corrected chi connectivity index (χ3v) is 5.45. The Kier molecular flexibility index (Phi) is 7.39. The summed E-state index contributed by atoms with van der Waals surface area (Å²) < 4.78 is 1.78. The van der Waals surface area contributed by atoms with Crippen LogP contribution in [0.2, 0.25) is 0 Å². The Bertz CT molecular complexity index is 673. The van der Waals surface area contributed by atoms with Gasteiger partial charge in [-0.25, -0.2) is 4.98 Å². The Morgan fingerprint density at radius 2 is 2.07 bits per heavy atom. The maximum atomic E-state index is 12.5. The molecule has 2 aromatic rings. The topological polar surface area (TPSA) is 54.3 Å². The van der Waals surface area contributed by atoms with Gasteiger partial charge in [-0.15, -0.1) is 0 Å². The Hall–Kier alpha value is -2.21. The van der Waals surface area contributed by atoms with Gasteiger partial charge in [-0.3, -0.25) is 9.48 Å². The van der Waals surface area contributed by atoms with E-state index in [0.29, 0.717) is 12.5 Å². The SMILES string of the molecule is CN(C(=O)CCCn1cncn1)[C@@H]1CCCN(CCCc2ccccc2)C1. The van der Waals surface area contributed by atoms with E-state index in [0.717, 1.165) is 45.4 Å². The zero-order valence-electron chi connectivity index (χ0n) is 16.3. The Balaban J connectivity index is 1.37. The lowest BCUT2D eigenvalue weighted by Crippen LogP contribution is -2.48. The van der Waals surface area contributed by atoms with Crippen LogP contribution in [0.4, 0.5) is 0 Å². The fourth-order valence-corrected chi connectivity index (χ4v) is 3.82. The number of aromatic nitrogens is 3. The molecular weight excluding hydrogens is 338 g/mol. The molecule has 27 heavy (non-hydrogen) atoms. The molecule has 0 spiro atoms. The van der Waals surface area contributed by atoms with Crippen molar-refractivity contribution in [3.05, 3.63) is 48.5 Å². The van der Waals surface area contributed by atoms with Crippen LogP contribution in [0.15, 0.2) is 43.0 Å². The number of nitrogens with zero attached hydrogens (tertiary/aromatic N) is 5. The van der Waals surface area contributed by atoms with E-state index in [-0.39, 0.29) is 5.91 Å². The number of likely N-dealkylation sites (tertiary alicyclic amines) is 1. The van der Waals surface area contributed by atoms with E-state index in [9.17, 15) is 4.79 Å². The van der Waals surface area contributed by atoms with Crippen molar-refractivity contribution in [2.45, 2.75) is 51.1 Å². The maximum Gasteiger partial charge on any atom is 0.222 e. The van der Waals surface area contributed by atoms with Gasteiger partial charge in [0, 0.05) is 32.6 Å². The monoisotopic (exact) mass is 369 g/mol. The van der Waals surface area contributed by atoms with E-state index in [2.05, 4.69) is 45.3 Å². The van der Waals surface area contributed by atoms with Crippen LogP contribution in [-0.4, -0.2) is 63.2 Å². The minimum atomic E-state index is 0.242. The summed E-state index contributed by atoms with van der Waals surface area (Å²) in [6, 6.07) is 11.0. The third-order valence-electron chi connectivity index (χ3n) is 5.45. The standard InChI is InChI=1S/C21H31N5O/c1-24(21(27)12-7-15-26-18-22-17-23-26)20-11-6-14-25(16-20)13-5-10-19-8-3-2-4-9-19/h2-4,8-9,17-18,20H,5-7,10-16H2,1H3/t20-/m1/s1. The molecular formula is C21H31N5O. The second-order valence-electron chi connectivity index (χ2n) is 7.45. The van der Waals surface area contributed by atoms with Crippen molar-refractivity contribution in [2.75, 3.05) is 26.7 Å². The lowest BCUT2D eigenvalue weighted by Gasteiger charge is -2.37. The number of aryl methyl sites for hydroxylation is 2. The minimum absolute atomic E-state index is 0.242. The highest BCUT2D eigenvalue weighted by Gasteiger charge is 2.25. The largest absolute Gasteiger partial charge is 0.341 e. The van der Waals surface area contributed by atoms with Crippen molar-refractivity contribution >= 4 is 5.91 Å². The fourth-order valence-electron chi connectivity index (χ4n) is 3.82. The van der Waals surface area contributed by atoms with Crippen LogP contribution < -0.4 is 0 Å². The van der Waals surface area contributed by atoms with Gasteiger partial charge in [0.2, 0.25) is 5.91 Å². The zero-order valence-corrected chi connectivity index (χ0v) is 16.3. The lowest BCUT2D eigenvalue weighted by molar-refractivity contribution is -0.133. The molecule has 1 aliphatic heterocycles. The summed E-state index contributed by atoms with van der Waals surface area (Å²) >= 11 is 0. The van der Waals surface area contributed by atoms with Crippen molar-refractivity contribution in [1.29, 1.82) is 0 Å². The van der Waals surface area contributed by atoms with Crippen LogP contribution in [0.25, 0.3) is 0 Å². The van der Waals surface area contributed by atoms with Gasteiger partial charge in [0.1, 0.15) is 12.7 Å². The molecule has 3 rings (SSSR count). The Morgan fingerprint density at radius 3 is 2.85 bits per heavy atom. The smallest absolute Gasteiger partial charge is 0.222 e. The van der Waals surface area contributed by atoms with Crippen LogP contribution in [0, 0.1) is 0 Å². The van der Waals surface area contributed by atoms with Crippen molar-refractivity contribution in [1.82, 2.24) is 24.6 Å². The number of carbonyl (C=O) groups is 1. The number of likely N-dealkylation sites (N-methyl/N-ethyl adjacent to an activating group) is 1. The summed E-state index contributed by atoms with van der Waals surface area (Å²) in [6.45, 7) is 4.01. The second-order valence-corrected chi connectivity index (χ2v) is 7.45. The first kappa shape index (κ1) is 19.5. The molecule has 1 aromatic carbocycles. The van der Waals surface area contributed by atoms with E-state index >= 15 is 0 Å². The number of rotatable bonds is 9. The number of piperidine rings is 1. The Labute approximate surface area is 162 Å². The summed E-state index contributed by atoms with van der Waals surface area (Å²) in [4.78, 5) is 21.0. The summed E-state index contributed by atoms with van der Waals surface area (Å²) in [5.74, 6) is 0.242. The zero-order chi connectivity index (χ0) is 18.9. The molecule has 1 aliphatic rings. The number of hydrogen-bond donors (Lipinski definition) is 0. The third kappa shape index (κ3) is 6.17. The van der Waals surface area contributed by atoms with Crippen molar-refractivity contribution < 1.29 is 4.79 Å². The van der Waals surface area contributed by atoms with E-state index in [1.54, 1.807) is 11.0 Å². The molecule has 1 aromatic heterocycles. The molecule has 146 valence electrons. The fraction of sp³-hybridized carbons (Fsp3) is 0.571. The average Bonchev–Trinajstić information content (AvgIpc) is 3.22. The van der Waals surface area contributed by atoms with Crippen molar-refractivity contribution in [3.8, 4) is 0 Å². The molecule has 0 aliphatic carbocycles. The van der Waals surface area contributed by atoms with E-state index < -0.39 is 0 Å². The van der Waals surface area contributed by atoms with Crippen LogP contribution in [0.5, 0.6) is 0 Å². The van der Waals surface area contributed by atoms with Gasteiger partial charge in [0.25, 0.3) is 0 Å². The van der Waals surface area contributed by atoms with Crippen LogP contribution in [0.1, 0.15) is 37.7 Å². The van der Waals surface area contributed by atoms with Gasteiger partial charge in [0.15, 0.2) is 0 Å². The van der Waals surface area contributed by atoms with Crippen LogP contribution in [-0.2, 0) is 17.8 Å². The molecule has 1 saturated heterocycles. The van der Waals surface area contributed by atoms with Gasteiger partial charge < -0.3 is 9.80 Å². The van der Waals surface area contributed by atoms with Crippen molar-refractivity contribution in [2.24, 2.45) is 0 Å². The van der Waals surface area contributed by atoms with Gasteiger partial charge in [-0.1, -0.05) is 30.3 Å². The first-order valence-corrected chi connectivity index (χ1v) is 10.1. The highest BCUT2D eigenvalue weighted by molar-refractivity contribution is 5.76. The second kappa shape index (κ2) is 10.2. The quantitative estimate of drug-likeness (QED) is 0.682. The summed E-state index contributed by atoms with van der Waals surface area (Å²) in [7, 11) is 1.97. The van der Waals surface area contributed by atoms with Gasteiger partial charge in [-0.05, 0) is 50.8 Å². The maximum absolute atomic E-state index is 12.5. The van der Waals surface area contributed by atoms with Gasteiger partial charge in [-0.2, -0.15) is 5.10 Å². The van der Waals surface area contributed by atoms with Gasteiger partial charge >= 0.3 is 0 Å². The summed E-state index contributed by atoms with van der Waals surface area (Å²) in [6.07, 6.45) is 9.18. The molecule has 0 saturated carbocycles.